The number of aryl methyl sites for hydroxylation is 1. The Morgan fingerprint density at radius 2 is 2.11 bits per heavy atom. The number of hydrogen-bond acceptors (Lipinski definition) is 3. The highest BCUT2D eigenvalue weighted by Gasteiger charge is 2.53. The zero-order chi connectivity index (χ0) is 12.9. The fourth-order valence-corrected chi connectivity index (χ4v) is 2.68. The van der Waals surface area contributed by atoms with Gasteiger partial charge in [0.05, 0.1) is 13.1 Å². The number of amides is 1. The van der Waals surface area contributed by atoms with Gasteiger partial charge in [-0.1, -0.05) is 6.07 Å². The van der Waals surface area contributed by atoms with Crippen molar-refractivity contribution in [2.75, 3.05) is 18.8 Å². The van der Waals surface area contributed by atoms with Crippen molar-refractivity contribution in [3.8, 4) is 0 Å². The first-order valence-electron chi connectivity index (χ1n) is 6.37. The third-order valence-corrected chi connectivity index (χ3v) is 4.05. The molecule has 2 aliphatic rings. The Kier molecular flexibility index (Phi) is 2.38. The summed E-state index contributed by atoms with van der Waals surface area (Å²) in [7, 11) is 0. The van der Waals surface area contributed by atoms with Crippen LogP contribution in [0.1, 0.15) is 28.8 Å². The van der Waals surface area contributed by atoms with E-state index in [0.717, 1.165) is 18.4 Å². The summed E-state index contributed by atoms with van der Waals surface area (Å²) in [6.45, 7) is 2.83. The van der Waals surface area contributed by atoms with E-state index < -0.39 is 5.60 Å². The highest BCUT2D eigenvalue weighted by Crippen LogP contribution is 2.44. The second-order valence-electron chi connectivity index (χ2n) is 5.61. The summed E-state index contributed by atoms with van der Waals surface area (Å²) in [5, 5.41) is 10.2. The number of rotatable bonds is 2. The predicted octanol–water partition coefficient (Wildman–Crippen LogP) is 1.17. The molecule has 0 bridgehead atoms. The maximum absolute atomic E-state index is 12.3. The van der Waals surface area contributed by atoms with Gasteiger partial charge < -0.3 is 15.7 Å². The average Bonchev–Trinajstić information content (AvgIpc) is 3.11. The van der Waals surface area contributed by atoms with Crippen LogP contribution in [-0.2, 0) is 0 Å². The Balaban J connectivity index is 1.74. The number of β-amino-alcohol motifs (C(OH)–C–C–N with tert-alkyl or cyclic N) is 1. The topological polar surface area (TPSA) is 66.6 Å². The number of carbonyl (C=O) groups excluding carboxylic acids is 1. The van der Waals surface area contributed by atoms with E-state index >= 15 is 0 Å². The smallest absolute Gasteiger partial charge is 0.254 e. The standard InChI is InChI=1S/C14H18N2O2/c1-9-2-5-11(15)6-12(9)13(17)16-7-14(18,8-16)10-3-4-10/h2,5-6,10,18H,3-4,7-8,15H2,1H3. The Bertz CT molecular complexity index is 503. The van der Waals surface area contributed by atoms with Gasteiger partial charge in [0.15, 0.2) is 0 Å². The minimum absolute atomic E-state index is 0.0230. The number of nitrogen functional groups attached to an aromatic ring is 1. The monoisotopic (exact) mass is 246 g/mol. The van der Waals surface area contributed by atoms with Gasteiger partial charge in [0.1, 0.15) is 5.60 Å². The van der Waals surface area contributed by atoms with Crippen LogP contribution >= 0.6 is 0 Å². The minimum atomic E-state index is -0.621. The number of hydrogen-bond donors (Lipinski definition) is 2. The van der Waals surface area contributed by atoms with E-state index in [2.05, 4.69) is 0 Å². The molecule has 18 heavy (non-hydrogen) atoms. The summed E-state index contributed by atoms with van der Waals surface area (Å²) in [5.41, 5.74) is 7.27. The maximum Gasteiger partial charge on any atom is 0.254 e. The van der Waals surface area contributed by atoms with E-state index in [0.29, 0.717) is 30.3 Å². The van der Waals surface area contributed by atoms with Gasteiger partial charge in [0, 0.05) is 11.3 Å². The molecular formula is C14H18N2O2. The quantitative estimate of drug-likeness (QED) is 0.770. The van der Waals surface area contributed by atoms with Crippen LogP contribution in [0, 0.1) is 12.8 Å². The van der Waals surface area contributed by atoms with Gasteiger partial charge in [-0.15, -0.1) is 0 Å². The zero-order valence-electron chi connectivity index (χ0n) is 10.5. The van der Waals surface area contributed by atoms with Crippen molar-refractivity contribution in [3.05, 3.63) is 29.3 Å². The van der Waals surface area contributed by atoms with Gasteiger partial charge in [-0.3, -0.25) is 4.79 Å². The summed E-state index contributed by atoms with van der Waals surface area (Å²) in [6.07, 6.45) is 2.19. The zero-order valence-corrected chi connectivity index (χ0v) is 10.5. The molecule has 0 radical (unpaired) electrons. The minimum Gasteiger partial charge on any atom is -0.399 e. The molecule has 1 aliphatic heterocycles. The van der Waals surface area contributed by atoms with Crippen LogP contribution < -0.4 is 5.73 Å². The van der Waals surface area contributed by atoms with E-state index in [1.165, 1.54) is 0 Å². The number of carbonyl (C=O) groups is 1. The Morgan fingerprint density at radius 1 is 1.44 bits per heavy atom. The normalized spacial score (nSPS) is 21.6. The molecule has 1 amide bonds. The van der Waals surface area contributed by atoms with Crippen molar-refractivity contribution in [2.24, 2.45) is 5.92 Å². The number of aliphatic hydroxyl groups is 1. The molecule has 0 spiro atoms. The van der Waals surface area contributed by atoms with E-state index in [4.69, 9.17) is 5.73 Å². The first kappa shape index (κ1) is 11.5. The largest absolute Gasteiger partial charge is 0.399 e. The molecule has 1 aromatic rings. The lowest BCUT2D eigenvalue weighted by Crippen LogP contribution is -2.64. The number of nitrogens with two attached hydrogens (primary N) is 1. The lowest BCUT2D eigenvalue weighted by atomic mass is 9.88. The van der Waals surface area contributed by atoms with Crippen molar-refractivity contribution in [3.63, 3.8) is 0 Å². The van der Waals surface area contributed by atoms with Gasteiger partial charge in [-0.05, 0) is 43.4 Å². The third kappa shape index (κ3) is 1.77. The lowest BCUT2D eigenvalue weighted by molar-refractivity contribution is -0.0958. The second kappa shape index (κ2) is 3.72. The van der Waals surface area contributed by atoms with Crippen LogP contribution in [0.15, 0.2) is 18.2 Å². The summed E-state index contributed by atoms with van der Waals surface area (Å²) in [5.74, 6) is 0.383. The molecular weight excluding hydrogens is 228 g/mol. The molecule has 4 nitrogen and oxygen atoms in total. The van der Waals surface area contributed by atoms with Crippen LogP contribution in [0.5, 0.6) is 0 Å². The van der Waals surface area contributed by atoms with Crippen molar-refractivity contribution in [1.82, 2.24) is 4.90 Å². The van der Waals surface area contributed by atoms with Gasteiger partial charge in [-0.25, -0.2) is 0 Å². The van der Waals surface area contributed by atoms with Crippen molar-refractivity contribution >= 4 is 11.6 Å². The Labute approximate surface area is 106 Å². The molecule has 3 rings (SSSR count). The van der Waals surface area contributed by atoms with Crippen LogP contribution in [0.2, 0.25) is 0 Å². The van der Waals surface area contributed by atoms with E-state index in [9.17, 15) is 9.90 Å². The third-order valence-electron chi connectivity index (χ3n) is 4.05. The highest BCUT2D eigenvalue weighted by molar-refractivity contribution is 5.97. The van der Waals surface area contributed by atoms with Crippen LogP contribution in [0.4, 0.5) is 5.69 Å². The fraction of sp³-hybridized carbons (Fsp3) is 0.500. The number of anilines is 1. The van der Waals surface area contributed by atoms with Crippen LogP contribution in [-0.4, -0.2) is 34.6 Å². The van der Waals surface area contributed by atoms with Crippen LogP contribution in [0.3, 0.4) is 0 Å². The van der Waals surface area contributed by atoms with E-state index in [1.807, 2.05) is 13.0 Å². The lowest BCUT2D eigenvalue weighted by Gasteiger charge is -2.47. The molecule has 2 fully saturated rings. The molecule has 1 saturated carbocycles. The van der Waals surface area contributed by atoms with Gasteiger partial charge in [-0.2, -0.15) is 0 Å². The summed E-state index contributed by atoms with van der Waals surface area (Å²) in [6, 6.07) is 5.37. The van der Waals surface area contributed by atoms with Crippen LogP contribution in [0.25, 0.3) is 0 Å². The first-order chi connectivity index (χ1) is 8.49. The SMILES string of the molecule is Cc1ccc(N)cc1C(=O)N1CC(O)(C2CC2)C1. The Morgan fingerprint density at radius 3 is 2.72 bits per heavy atom. The summed E-state index contributed by atoms with van der Waals surface area (Å²) < 4.78 is 0. The van der Waals surface area contributed by atoms with E-state index in [-0.39, 0.29) is 5.91 Å². The highest BCUT2D eigenvalue weighted by atomic mass is 16.3. The molecule has 0 aromatic heterocycles. The van der Waals surface area contributed by atoms with E-state index in [1.54, 1.807) is 17.0 Å². The second-order valence-corrected chi connectivity index (χ2v) is 5.61. The first-order valence-corrected chi connectivity index (χ1v) is 6.37. The number of nitrogens with zero attached hydrogens (tertiary/aromatic N) is 1. The van der Waals surface area contributed by atoms with Gasteiger partial charge >= 0.3 is 0 Å². The molecule has 4 heteroatoms. The molecule has 0 atom stereocenters. The van der Waals surface area contributed by atoms with Gasteiger partial charge in [0.2, 0.25) is 0 Å². The molecule has 1 aliphatic carbocycles. The number of likely N-dealkylation sites (tertiary alicyclic amines) is 1. The summed E-state index contributed by atoms with van der Waals surface area (Å²) in [4.78, 5) is 14.0. The average molecular weight is 246 g/mol. The molecule has 3 N–H and O–H groups in total. The predicted molar refractivity (Wildman–Crippen MR) is 69.2 cm³/mol. The number of benzene rings is 1. The molecule has 1 saturated heterocycles. The molecule has 0 unspecified atom stereocenters. The Hall–Kier alpha value is -1.55. The molecule has 1 aromatic carbocycles. The van der Waals surface area contributed by atoms with Crippen molar-refractivity contribution < 1.29 is 9.90 Å². The van der Waals surface area contributed by atoms with Crippen molar-refractivity contribution in [2.45, 2.75) is 25.4 Å². The fourth-order valence-electron chi connectivity index (χ4n) is 2.68. The van der Waals surface area contributed by atoms with Crippen molar-refractivity contribution in [1.29, 1.82) is 0 Å². The molecule has 96 valence electrons. The molecule has 1 heterocycles. The summed E-state index contributed by atoms with van der Waals surface area (Å²) >= 11 is 0. The van der Waals surface area contributed by atoms with Gasteiger partial charge in [0.25, 0.3) is 5.91 Å². The maximum atomic E-state index is 12.3.